The predicted molar refractivity (Wildman–Crippen MR) is 131 cm³/mol. The highest BCUT2D eigenvalue weighted by Crippen LogP contribution is 2.29. The number of aryl methyl sites for hydroxylation is 1. The Balaban J connectivity index is 1.65. The first kappa shape index (κ1) is 24.3. The normalized spacial score (nSPS) is 15.7. The number of rotatable bonds is 7. The number of carbonyl (C=O) groups is 2. The molecule has 0 saturated heterocycles. The molecule has 0 radical (unpaired) electrons. The van der Waals surface area contributed by atoms with Crippen LogP contribution in [0.2, 0.25) is 0 Å². The van der Waals surface area contributed by atoms with Gasteiger partial charge in [-0.15, -0.1) is 0 Å². The maximum Gasteiger partial charge on any atom is 0.294 e. The summed E-state index contributed by atoms with van der Waals surface area (Å²) < 4.78 is 14.7. The van der Waals surface area contributed by atoms with E-state index in [1.807, 2.05) is 18.2 Å². The molecule has 8 nitrogen and oxygen atoms in total. The molecule has 2 amide bonds. The van der Waals surface area contributed by atoms with Crippen LogP contribution in [0.5, 0.6) is 0 Å². The van der Waals surface area contributed by atoms with Crippen LogP contribution in [-0.4, -0.2) is 34.5 Å². The van der Waals surface area contributed by atoms with Crippen LogP contribution >= 0.6 is 0 Å². The van der Waals surface area contributed by atoms with Crippen molar-refractivity contribution in [2.75, 3.05) is 12.4 Å². The molecule has 1 aromatic heterocycles. The highest BCUT2D eigenvalue weighted by Gasteiger charge is 2.23. The van der Waals surface area contributed by atoms with Crippen molar-refractivity contribution in [3.05, 3.63) is 82.0 Å². The largest absolute Gasteiger partial charge is 0.348 e. The molecule has 0 aliphatic heterocycles. The third-order valence-electron chi connectivity index (χ3n) is 6.27. The molecule has 35 heavy (non-hydrogen) atoms. The Morgan fingerprint density at radius 2 is 1.91 bits per heavy atom. The molecule has 4 rings (SSSR count). The van der Waals surface area contributed by atoms with Gasteiger partial charge in [0, 0.05) is 5.56 Å². The van der Waals surface area contributed by atoms with Gasteiger partial charge in [0.2, 0.25) is 11.8 Å². The van der Waals surface area contributed by atoms with E-state index in [-0.39, 0.29) is 24.3 Å². The lowest BCUT2D eigenvalue weighted by Gasteiger charge is -2.26. The van der Waals surface area contributed by atoms with Crippen LogP contribution in [0.3, 0.4) is 0 Å². The van der Waals surface area contributed by atoms with Gasteiger partial charge in [-0.3, -0.25) is 19.0 Å². The molecule has 1 aliphatic carbocycles. The van der Waals surface area contributed by atoms with Crippen LogP contribution in [0.25, 0.3) is 11.3 Å². The SMILES string of the molecule is CNC(C)C(=O)Nc1ncc(-c2ccc(F)cc2)n(CC(=O)N[C@@H]2CCCc3ccccc32)c1=O. The number of anilines is 1. The number of fused-ring (bicyclic) bond motifs is 1. The Morgan fingerprint density at radius 1 is 1.17 bits per heavy atom. The maximum atomic E-state index is 13.5. The summed E-state index contributed by atoms with van der Waals surface area (Å²) in [4.78, 5) is 42.9. The van der Waals surface area contributed by atoms with Crippen molar-refractivity contribution >= 4 is 17.6 Å². The maximum absolute atomic E-state index is 13.5. The Kier molecular flexibility index (Phi) is 7.36. The van der Waals surface area contributed by atoms with Gasteiger partial charge in [0.15, 0.2) is 5.82 Å². The van der Waals surface area contributed by atoms with E-state index < -0.39 is 23.3 Å². The summed E-state index contributed by atoms with van der Waals surface area (Å²) in [7, 11) is 1.63. The average Bonchev–Trinajstić information content (AvgIpc) is 2.87. The van der Waals surface area contributed by atoms with Crippen LogP contribution in [0.1, 0.15) is 36.9 Å². The van der Waals surface area contributed by atoms with Gasteiger partial charge < -0.3 is 16.0 Å². The van der Waals surface area contributed by atoms with E-state index in [1.54, 1.807) is 14.0 Å². The summed E-state index contributed by atoms with van der Waals surface area (Å²) in [6, 6.07) is 12.9. The van der Waals surface area contributed by atoms with Crippen LogP contribution < -0.4 is 21.5 Å². The summed E-state index contributed by atoms with van der Waals surface area (Å²) in [5.41, 5.74) is 2.53. The van der Waals surface area contributed by atoms with Gasteiger partial charge in [-0.25, -0.2) is 9.37 Å². The molecule has 182 valence electrons. The first-order valence-electron chi connectivity index (χ1n) is 11.6. The second kappa shape index (κ2) is 10.6. The molecule has 9 heteroatoms. The van der Waals surface area contributed by atoms with Crippen LogP contribution in [0.15, 0.2) is 59.5 Å². The lowest BCUT2D eigenvalue weighted by Crippen LogP contribution is -2.40. The highest BCUT2D eigenvalue weighted by atomic mass is 19.1. The molecule has 1 unspecified atom stereocenters. The van der Waals surface area contributed by atoms with Crippen molar-refractivity contribution in [2.45, 2.75) is 44.8 Å². The van der Waals surface area contributed by atoms with Crippen molar-refractivity contribution < 1.29 is 14.0 Å². The fourth-order valence-corrected chi connectivity index (χ4v) is 4.23. The van der Waals surface area contributed by atoms with Crippen molar-refractivity contribution in [2.24, 2.45) is 0 Å². The van der Waals surface area contributed by atoms with Crippen molar-refractivity contribution in [3.8, 4) is 11.3 Å². The molecular formula is C26H28FN5O3. The van der Waals surface area contributed by atoms with Gasteiger partial charge in [0.25, 0.3) is 5.56 Å². The fourth-order valence-electron chi connectivity index (χ4n) is 4.23. The molecule has 2 atom stereocenters. The predicted octanol–water partition coefficient (Wildman–Crippen LogP) is 2.79. The second-order valence-electron chi connectivity index (χ2n) is 8.60. The average molecular weight is 478 g/mol. The number of halogens is 1. The van der Waals surface area contributed by atoms with Gasteiger partial charge >= 0.3 is 0 Å². The topological polar surface area (TPSA) is 105 Å². The number of hydrogen-bond acceptors (Lipinski definition) is 5. The Morgan fingerprint density at radius 3 is 2.66 bits per heavy atom. The number of hydrogen-bond donors (Lipinski definition) is 3. The van der Waals surface area contributed by atoms with E-state index in [9.17, 15) is 18.8 Å². The molecule has 0 fully saturated rings. The summed E-state index contributed by atoms with van der Waals surface area (Å²) in [5, 5.41) is 8.37. The van der Waals surface area contributed by atoms with Gasteiger partial charge in [0.1, 0.15) is 12.4 Å². The lowest BCUT2D eigenvalue weighted by atomic mass is 9.88. The van der Waals surface area contributed by atoms with E-state index in [4.69, 9.17) is 0 Å². The Hall–Kier alpha value is -3.85. The highest BCUT2D eigenvalue weighted by molar-refractivity contribution is 5.93. The third kappa shape index (κ3) is 5.46. The molecule has 1 heterocycles. The molecule has 3 N–H and O–H groups in total. The van der Waals surface area contributed by atoms with Crippen molar-refractivity contribution in [3.63, 3.8) is 0 Å². The number of carbonyl (C=O) groups excluding carboxylic acids is 2. The first-order valence-corrected chi connectivity index (χ1v) is 11.6. The van der Waals surface area contributed by atoms with Gasteiger partial charge in [-0.05, 0) is 68.6 Å². The van der Waals surface area contributed by atoms with Crippen molar-refractivity contribution in [1.29, 1.82) is 0 Å². The lowest BCUT2D eigenvalue weighted by molar-refractivity contribution is -0.122. The molecule has 2 aromatic carbocycles. The Bertz CT molecular complexity index is 1290. The van der Waals surface area contributed by atoms with E-state index in [1.165, 1.54) is 40.6 Å². The van der Waals surface area contributed by atoms with Crippen LogP contribution in [0, 0.1) is 5.82 Å². The van der Waals surface area contributed by atoms with Gasteiger partial charge in [-0.1, -0.05) is 24.3 Å². The van der Waals surface area contributed by atoms with Crippen LogP contribution in [0.4, 0.5) is 10.2 Å². The molecule has 0 saturated carbocycles. The summed E-state index contributed by atoms with van der Waals surface area (Å²) in [6.07, 6.45) is 4.13. The molecule has 1 aliphatic rings. The number of benzene rings is 2. The molecule has 0 bridgehead atoms. The summed E-state index contributed by atoms with van der Waals surface area (Å²) >= 11 is 0. The second-order valence-corrected chi connectivity index (χ2v) is 8.60. The van der Waals surface area contributed by atoms with E-state index in [0.29, 0.717) is 11.3 Å². The molecule has 3 aromatic rings. The molecule has 0 spiro atoms. The zero-order chi connectivity index (χ0) is 24.9. The first-order chi connectivity index (χ1) is 16.9. The minimum atomic E-state index is -0.623. The number of nitrogens with zero attached hydrogens (tertiary/aromatic N) is 2. The third-order valence-corrected chi connectivity index (χ3v) is 6.27. The number of nitrogens with one attached hydrogen (secondary N) is 3. The van der Waals surface area contributed by atoms with E-state index >= 15 is 0 Å². The summed E-state index contributed by atoms with van der Waals surface area (Å²) in [5.74, 6) is -1.38. The van der Waals surface area contributed by atoms with E-state index in [0.717, 1.165) is 24.8 Å². The van der Waals surface area contributed by atoms with Gasteiger partial charge in [0.05, 0.1) is 24.0 Å². The standard InChI is InChI=1S/C26H28FN5O3/c1-16(28-2)25(34)31-24-26(35)32(22(14-29-24)18-10-12-19(27)13-11-18)15-23(33)30-21-9-5-7-17-6-3-4-8-20(17)21/h3-4,6,8,10-14,16,21,28H,5,7,9,15H2,1-2H3,(H,30,33)(H,29,31,34)/t16?,21-/m1/s1. The number of aromatic nitrogens is 2. The number of amides is 2. The quantitative estimate of drug-likeness (QED) is 0.485. The zero-order valence-corrected chi connectivity index (χ0v) is 19.7. The number of likely N-dealkylation sites (N-methyl/N-ethyl adjacent to an activating group) is 1. The fraction of sp³-hybridized carbons (Fsp3) is 0.308. The summed E-state index contributed by atoms with van der Waals surface area (Å²) in [6.45, 7) is 1.37. The van der Waals surface area contributed by atoms with Crippen molar-refractivity contribution in [1.82, 2.24) is 20.2 Å². The van der Waals surface area contributed by atoms with E-state index in [2.05, 4.69) is 27.0 Å². The van der Waals surface area contributed by atoms with Crippen LogP contribution in [-0.2, 0) is 22.6 Å². The minimum absolute atomic E-state index is 0.144. The smallest absolute Gasteiger partial charge is 0.294 e. The minimum Gasteiger partial charge on any atom is -0.348 e. The molecular weight excluding hydrogens is 449 g/mol. The van der Waals surface area contributed by atoms with Gasteiger partial charge in [-0.2, -0.15) is 0 Å². The zero-order valence-electron chi connectivity index (χ0n) is 19.7. The monoisotopic (exact) mass is 477 g/mol. The Labute approximate surface area is 202 Å².